The maximum atomic E-state index is 12.8. The summed E-state index contributed by atoms with van der Waals surface area (Å²) in [6.45, 7) is 2.54. The van der Waals surface area contributed by atoms with Gasteiger partial charge in [0.1, 0.15) is 5.75 Å². The third-order valence-corrected chi connectivity index (χ3v) is 4.52. The van der Waals surface area contributed by atoms with Crippen LogP contribution in [0.5, 0.6) is 5.75 Å². The number of nitrogens with zero attached hydrogens (tertiary/aromatic N) is 2. The van der Waals surface area contributed by atoms with Gasteiger partial charge in [0.15, 0.2) is 0 Å². The molecule has 1 aliphatic rings. The fourth-order valence-electron chi connectivity index (χ4n) is 3.04. The van der Waals surface area contributed by atoms with Crippen molar-refractivity contribution in [3.8, 4) is 5.75 Å². The molecule has 0 bridgehead atoms. The highest BCUT2D eigenvalue weighted by Gasteiger charge is 2.37. The topological polar surface area (TPSA) is 96.5 Å². The van der Waals surface area contributed by atoms with E-state index in [-0.39, 0.29) is 35.6 Å². The number of nitrogens with two attached hydrogens (primary N) is 1. The smallest absolute Gasteiger partial charge is 0.258 e. The second-order valence-corrected chi connectivity index (χ2v) is 6.31. The highest BCUT2D eigenvalue weighted by molar-refractivity contribution is 6.31. The SMILES string of the molecule is C[C@@H]1CN(C(=O)c2c(O)cnc3ccc(Cl)cc23)C[C@H]1C(N)=O. The number of primary amides is 1. The summed E-state index contributed by atoms with van der Waals surface area (Å²) in [4.78, 5) is 29.9. The van der Waals surface area contributed by atoms with Crippen molar-refractivity contribution in [2.24, 2.45) is 17.6 Å². The van der Waals surface area contributed by atoms with E-state index < -0.39 is 5.91 Å². The molecular formula is C16H16ClN3O3. The summed E-state index contributed by atoms with van der Waals surface area (Å²) in [5.41, 5.74) is 6.09. The number of pyridine rings is 1. The number of hydrogen-bond acceptors (Lipinski definition) is 4. The summed E-state index contributed by atoms with van der Waals surface area (Å²) >= 11 is 6.00. The van der Waals surface area contributed by atoms with Crippen LogP contribution < -0.4 is 5.73 Å². The van der Waals surface area contributed by atoms with E-state index in [1.807, 2.05) is 6.92 Å². The molecule has 3 N–H and O–H groups in total. The molecule has 3 rings (SSSR count). The zero-order valence-electron chi connectivity index (χ0n) is 12.5. The maximum Gasteiger partial charge on any atom is 0.258 e. The van der Waals surface area contributed by atoms with Crippen LogP contribution in [0, 0.1) is 11.8 Å². The molecule has 1 aromatic carbocycles. The van der Waals surface area contributed by atoms with Gasteiger partial charge in [-0.25, -0.2) is 0 Å². The lowest BCUT2D eigenvalue weighted by atomic mass is 9.98. The number of halogens is 1. The first-order valence-corrected chi connectivity index (χ1v) is 7.62. The molecular weight excluding hydrogens is 318 g/mol. The number of aromatic nitrogens is 1. The van der Waals surface area contributed by atoms with Gasteiger partial charge in [0.05, 0.1) is 23.2 Å². The van der Waals surface area contributed by atoms with Crippen LogP contribution in [0.25, 0.3) is 10.9 Å². The number of carbonyl (C=O) groups excluding carboxylic acids is 2. The minimum absolute atomic E-state index is 0.0183. The lowest BCUT2D eigenvalue weighted by Gasteiger charge is -2.18. The Bertz CT molecular complexity index is 803. The van der Waals surface area contributed by atoms with Gasteiger partial charge in [-0.3, -0.25) is 14.6 Å². The molecule has 0 aliphatic carbocycles. The van der Waals surface area contributed by atoms with Crippen LogP contribution in [0.15, 0.2) is 24.4 Å². The van der Waals surface area contributed by atoms with Crippen molar-refractivity contribution in [2.75, 3.05) is 13.1 Å². The maximum absolute atomic E-state index is 12.8. The van der Waals surface area contributed by atoms with Crippen LogP contribution in [-0.4, -0.2) is 39.9 Å². The molecule has 1 fully saturated rings. The summed E-state index contributed by atoms with van der Waals surface area (Å²) in [5, 5.41) is 11.1. The number of aromatic hydroxyl groups is 1. The molecule has 2 heterocycles. The fraction of sp³-hybridized carbons (Fsp3) is 0.312. The number of fused-ring (bicyclic) bond motifs is 1. The number of hydrogen-bond donors (Lipinski definition) is 2. The van der Waals surface area contributed by atoms with Crippen molar-refractivity contribution in [3.05, 3.63) is 35.0 Å². The molecule has 0 saturated carbocycles. The van der Waals surface area contributed by atoms with Gasteiger partial charge < -0.3 is 15.7 Å². The Morgan fingerprint density at radius 3 is 2.78 bits per heavy atom. The number of benzene rings is 1. The molecule has 120 valence electrons. The Morgan fingerprint density at radius 2 is 2.13 bits per heavy atom. The summed E-state index contributed by atoms with van der Waals surface area (Å²) in [5.74, 6) is -1.37. The predicted octanol–water partition coefficient (Wildman–Crippen LogP) is 1.79. The quantitative estimate of drug-likeness (QED) is 0.875. The van der Waals surface area contributed by atoms with Crippen LogP contribution in [0.1, 0.15) is 17.3 Å². The number of amides is 2. The Labute approximate surface area is 137 Å². The van der Waals surface area contributed by atoms with E-state index in [0.29, 0.717) is 22.5 Å². The molecule has 7 heteroatoms. The van der Waals surface area contributed by atoms with E-state index in [1.54, 1.807) is 18.2 Å². The monoisotopic (exact) mass is 333 g/mol. The largest absolute Gasteiger partial charge is 0.505 e. The zero-order valence-corrected chi connectivity index (χ0v) is 13.2. The molecule has 6 nitrogen and oxygen atoms in total. The van der Waals surface area contributed by atoms with Gasteiger partial charge in [-0.15, -0.1) is 0 Å². The molecule has 0 spiro atoms. The number of rotatable bonds is 2. The van der Waals surface area contributed by atoms with Crippen molar-refractivity contribution < 1.29 is 14.7 Å². The van der Waals surface area contributed by atoms with E-state index in [4.69, 9.17) is 17.3 Å². The number of carbonyl (C=O) groups is 2. The Kier molecular flexibility index (Phi) is 3.85. The lowest BCUT2D eigenvalue weighted by molar-refractivity contribution is -0.122. The van der Waals surface area contributed by atoms with E-state index >= 15 is 0 Å². The highest BCUT2D eigenvalue weighted by atomic mass is 35.5. The van der Waals surface area contributed by atoms with Crippen LogP contribution in [0.4, 0.5) is 0 Å². The minimum Gasteiger partial charge on any atom is -0.505 e. The molecule has 1 saturated heterocycles. The summed E-state index contributed by atoms with van der Waals surface area (Å²) in [6, 6.07) is 4.96. The molecule has 23 heavy (non-hydrogen) atoms. The Hall–Kier alpha value is -2.34. The van der Waals surface area contributed by atoms with Gasteiger partial charge in [0, 0.05) is 23.5 Å². The van der Waals surface area contributed by atoms with Gasteiger partial charge in [0.2, 0.25) is 5.91 Å². The molecule has 1 aliphatic heterocycles. The molecule has 0 unspecified atom stereocenters. The van der Waals surface area contributed by atoms with Crippen molar-refractivity contribution in [2.45, 2.75) is 6.92 Å². The summed E-state index contributed by atoms with van der Waals surface area (Å²) in [7, 11) is 0. The van der Waals surface area contributed by atoms with Crippen molar-refractivity contribution >= 4 is 34.3 Å². The van der Waals surface area contributed by atoms with Gasteiger partial charge in [0.25, 0.3) is 5.91 Å². The minimum atomic E-state index is -0.417. The van der Waals surface area contributed by atoms with Crippen molar-refractivity contribution in [3.63, 3.8) is 0 Å². The zero-order chi connectivity index (χ0) is 16.7. The number of likely N-dealkylation sites (tertiary alicyclic amines) is 1. The highest BCUT2D eigenvalue weighted by Crippen LogP contribution is 2.31. The second-order valence-electron chi connectivity index (χ2n) is 5.88. The first-order chi connectivity index (χ1) is 10.9. The van der Waals surface area contributed by atoms with E-state index in [2.05, 4.69) is 4.98 Å². The first-order valence-electron chi connectivity index (χ1n) is 7.24. The fourth-order valence-corrected chi connectivity index (χ4v) is 3.21. The van der Waals surface area contributed by atoms with Crippen molar-refractivity contribution in [1.29, 1.82) is 0 Å². The molecule has 0 radical (unpaired) electrons. The van der Waals surface area contributed by atoms with Gasteiger partial charge in [-0.1, -0.05) is 18.5 Å². The Morgan fingerprint density at radius 1 is 1.39 bits per heavy atom. The van der Waals surface area contributed by atoms with Crippen LogP contribution in [-0.2, 0) is 4.79 Å². The third-order valence-electron chi connectivity index (χ3n) is 4.29. The van der Waals surface area contributed by atoms with Gasteiger partial charge in [-0.05, 0) is 24.1 Å². The van der Waals surface area contributed by atoms with E-state index in [9.17, 15) is 14.7 Å². The predicted molar refractivity (Wildman–Crippen MR) is 86.2 cm³/mol. The normalized spacial score (nSPS) is 20.9. The molecule has 1 aromatic heterocycles. The lowest BCUT2D eigenvalue weighted by Crippen LogP contribution is -2.32. The molecule has 2 aromatic rings. The van der Waals surface area contributed by atoms with Crippen LogP contribution >= 0.6 is 11.6 Å². The van der Waals surface area contributed by atoms with E-state index in [0.717, 1.165) is 0 Å². The standard InChI is InChI=1S/C16H16ClN3O3/c1-8-6-20(7-11(8)15(18)22)16(23)14-10-4-9(17)2-3-12(10)19-5-13(14)21/h2-5,8,11,21H,6-7H2,1H3,(H2,18,22)/t8-,11-/m1/s1. The van der Waals surface area contributed by atoms with Crippen LogP contribution in [0.3, 0.4) is 0 Å². The average Bonchev–Trinajstić information content (AvgIpc) is 2.88. The average molecular weight is 334 g/mol. The van der Waals surface area contributed by atoms with Gasteiger partial charge in [-0.2, -0.15) is 0 Å². The Balaban J connectivity index is 2.03. The molecule has 2 atom stereocenters. The second kappa shape index (κ2) is 5.70. The van der Waals surface area contributed by atoms with Gasteiger partial charge >= 0.3 is 0 Å². The summed E-state index contributed by atoms with van der Waals surface area (Å²) < 4.78 is 0. The summed E-state index contributed by atoms with van der Waals surface area (Å²) in [6.07, 6.45) is 1.24. The van der Waals surface area contributed by atoms with Crippen molar-refractivity contribution in [1.82, 2.24) is 9.88 Å². The first kappa shape index (κ1) is 15.6. The van der Waals surface area contributed by atoms with E-state index in [1.165, 1.54) is 11.1 Å². The van der Waals surface area contributed by atoms with Crippen LogP contribution in [0.2, 0.25) is 5.02 Å². The molecule has 2 amide bonds. The third kappa shape index (κ3) is 2.70.